The Hall–Kier alpha value is -0.330. The lowest BCUT2D eigenvalue weighted by atomic mass is 10.2. The van der Waals surface area contributed by atoms with Crippen LogP contribution in [0.3, 0.4) is 0 Å². The van der Waals surface area contributed by atoms with Crippen molar-refractivity contribution in [1.29, 1.82) is 0 Å². The molecular formula is C8H17F3N2O. The average Bonchev–Trinajstić information content (AvgIpc) is 2.00. The number of aliphatic hydroxyl groups is 1. The van der Waals surface area contributed by atoms with Gasteiger partial charge in [-0.3, -0.25) is 4.90 Å². The molecule has 0 saturated heterocycles. The summed E-state index contributed by atoms with van der Waals surface area (Å²) in [5, 5.41) is 9.14. The molecule has 3 nitrogen and oxygen atoms in total. The van der Waals surface area contributed by atoms with E-state index in [1.165, 1.54) is 0 Å². The van der Waals surface area contributed by atoms with Crippen molar-refractivity contribution in [2.45, 2.75) is 32.2 Å². The Kier molecular flexibility index (Phi) is 5.40. The summed E-state index contributed by atoms with van der Waals surface area (Å²) in [5.41, 5.74) is 5.13. The van der Waals surface area contributed by atoms with E-state index in [1.54, 1.807) is 13.8 Å². The second-order valence-corrected chi connectivity index (χ2v) is 3.53. The molecule has 0 heterocycles. The summed E-state index contributed by atoms with van der Waals surface area (Å²) in [7, 11) is 0. The highest BCUT2D eigenvalue weighted by Gasteiger charge is 2.32. The first kappa shape index (κ1) is 13.7. The lowest BCUT2D eigenvalue weighted by molar-refractivity contribution is -0.152. The predicted octanol–water partition coefficient (Wildman–Crippen LogP) is 0.579. The van der Waals surface area contributed by atoms with Crippen molar-refractivity contribution in [3.8, 4) is 0 Å². The molecule has 0 saturated carbocycles. The molecule has 0 aromatic heterocycles. The molecule has 1 atom stereocenters. The Balaban J connectivity index is 4.16. The number of alkyl halides is 3. The zero-order valence-corrected chi connectivity index (χ0v) is 8.38. The van der Waals surface area contributed by atoms with Crippen LogP contribution in [0.1, 0.15) is 13.8 Å². The van der Waals surface area contributed by atoms with Crippen molar-refractivity contribution in [3.63, 3.8) is 0 Å². The predicted molar refractivity (Wildman–Crippen MR) is 47.8 cm³/mol. The van der Waals surface area contributed by atoms with Gasteiger partial charge >= 0.3 is 6.18 Å². The van der Waals surface area contributed by atoms with Crippen LogP contribution in [0.25, 0.3) is 0 Å². The molecule has 6 heteroatoms. The van der Waals surface area contributed by atoms with Crippen LogP contribution in [0.15, 0.2) is 0 Å². The van der Waals surface area contributed by atoms with Gasteiger partial charge in [0.25, 0.3) is 0 Å². The minimum atomic E-state index is -4.24. The maximum absolute atomic E-state index is 12.1. The van der Waals surface area contributed by atoms with Crippen LogP contribution in [0.5, 0.6) is 0 Å². The van der Waals surface area contributed by atoms with Crippen LogP contribution in [0.4, 0.5) is 13.2 Å². The van der Waals surface area contributed by atoms with Gasteiger partial charge in [0.2, 0.25) is 0 Å². The normalized spacial score (nSPS) is 15.2. The first-order valence-corrected chi connectivity index (χ1v) is 4.45. The van der Waals surface area contributed by atoms with E-state index in [9.17, 15) is 13.2 Å². The number of aliphatic hydroxyl groups excluding tert-OH is 1. The number of halogens is 3. The summed E-state index contributed by atoms with van der Waals surface area (Å²) in [6.07, 6.45) is -5.14. The molecule has 0 amide bonds. The molecule has 0 aliphatic carbocycles. The molecule has 0 bridgehead atoms. The van der Waals surface area contributed by atoms with Gasteiger partial charge in [-0.05, 0) is 13.8 Å². The summed E-state index contributed by atoms with van der Waals surface area (Å²) >= 11 is 0. The fourth-order valence-electron chi connectivity index (χ4n) is 1.03. The van der Waals surface area contributed by atoms with Gasteiger partial charge in [0, 0.05) is 19.1 Å². The van der Waals surface area contributed by atoms with Gasteiger partial charge in [-0.15, -0.1) is 0 Å². The molecule has 0 aliphatic heterocycles. The molecule has 0 radical (unpaired) electrons. The SMILES string of the molecule is CC(C)N(CC(O)CN)CC(F)(F)F. The van der Waals surface area contributed by atoms with Crippen LogP contribution >= 0.6 is 0 Å². The van der Waals surface area contributed by atoms with Crippen LogP contribution < -0.4 is 5.73 Å². The van der Waals surface area contributed by atoms with Crippen LogP contribution in [0.2, 0.25) is 0 Å². The Labute approximate surface area is 81.7 Å². The van der Waals surface area contributed by atoms with Crippen molar-refractivity contribution in [2.24, 2.45) is 5.73 Å². The minimum Gasteiger partial charge on any atom is -0.390 e. The Morgan fingerprint density at radius 2 is 1.86 bits per heavy atom. The van der Waals surface area contributed by atoms with E-state index in [0.717, 1.165) is 4.90 Å². The zero-order valence-electron chi connectivity index (χ0n) is 8.38. The van der Waals surface area contributed by atoms with Gasteiger partial charge in [-0.25, -0.2) is 0 Å². The summed E-state index contributed by atoms with van der Waals surface area (Å²) in [6.45, 7) is 2.21. The molecule has 14 heavy (non-hydrogen) atoms. The molecule has 3 N–H and O–H groups in total. The minimum absolute atomic E-state index is 0.0267. The number of rotatable bonds is 5. The van der Waals surface area contributed by atoms with Crippen LogP contribution in [0, 0.1) is 0 Å². The van der Waals surface area contributed by atoms with Crippen molar-refractivity contribution < 1.29 is 18.3 Å². The van der Waals surface area contributed by atoms with Crippen molar-refractivity contribution in [3.05, 3.63) is 0 Å². The highest BCUT2D eigenvalue weighted by molar-refractivity contribution is 4.71. The smallest absolute Gasteiger partial charge is 0.390 e. The maximum Gasteiger partial charge on any atom is 0.401 e. The number of hydrogen-bond donors (Lipinski definition) is 2. The van der Waals surface area contributed by atoms with E-state index in [-0.39, 0.29) is 19.1 Å². The van der Waals surface area contributed by atoms with Crippen LogP contribution in [-0.4, -0.2) is 48.0 Å². The van der Waals surface area contributed by atoms with Gasteiger partial charge in [0.1, 0.15) is 0 Å². The third kappa shape index (κ3) is 6.17. The summed E-state index contributed by atoms with van der Waals surface area (Å²) in [5.74, 6) is 0. The number of nitrogens with zero attached hydrogens (tertiary/aromatic N) is 1. The number of nitrogens with two attached hydrogens (primary N) is 1. The summed E-state index contributed by atoms with van der Waals surface area (Å²) in [6, 6.07) is -0.266. The second kappa shape index (κ2) is 5.53. The Bertz CT molecular complexity index is 161. The molecule has 0 rings (SSSR count). The van der Waals surface area contributed by atoms with Crippen molar-refractivity contribution >= 4 is 0 Å². The highest BCUT2D eigenvalue weighted by atomic mass is 19.4. The molecule has 0 aromatic rings. The van der Waals surface area contributed by atoms with Gasteiger partial charge in [0.15, 0.2) is 0 Å². The zero-order chi connectivity index (χ0) is 11.4. The van der Waals surface area contributed by atoms with Gasteiger partial charge in [-0.2, -0.15) is 13.2 Å². The maximum atomic E-state index is 12.1. The fraction of sp³-hybridized carbons (Fsp3) is 1.00. The van der Waals surface area contributed by atoms with E-state index in [1.807, 2.05) is 0 Å². The molecule has 0 fully saturated rings. The van der Waals surface area contributed by atoms with Gasteiger partial charge < -0.3 is 10.8 Å². The molecule has 86 valence electrons. The highest BCUT2D eigenvalue weighted by Crippen LogP contribution is 2.17. The molecule has 0 spiro atoms. The Morgan fingerprint density at radius 1 is 1.36 bits per heavy atom. The van der Waals surface area contributed by atoms with Crippen LogP contribution in [-0.2, 0) is 0 Å². The molecule has 0 aromatic carbocycles. The first-order chi connectivity index (χ1) is 6.26. The average molecular weight is 214 g/mol. The Morgan fingerprint density at radius 3 is 2.14 bits per heavy atom. The monoisotopic (exact) mass is 214 g/mol. The van der Waals surface area contributed by atoms with E-state index in [2.05, 4.69) is 0 Å². The largest absolute Gasteiger partial charge is 0.401 e. The van der Waals surface area contributed by atoms with E-state index < -0.39 is 18.8 Å². The van der Waals surface area contributed by atoms with E-state index in [4.69, 9.17) is 10.8 Å². The summed E-state index contributed by atoms with van der Waals surface area (Å²) < 4.78 is 36.2. The van der Waals surface area contributed by atoms with Crippen molar-refractivity contribution in [1.82, 2.24) is 4.90 Å². The molecular weight excluding hydrogens is 197 g/mol. The van der Waals surface area contributed by atoms with Crippen molar-refractivity contribution in [2.75, 3.05) is 19.6 Å². The number of hydrogen-bond acceptors (Lipinski definition) is 3. The van der Waals surface area contributed by atoms with E-state index in [0.29, 0.717) is 0 Å². The summed E-state index contributed by atoms with van der Waals surface area (Å²) in [4.78, 5) is 1.15. The second-order valence-electron chi connectivity index (χ2n) is 3.53. The molecule has 0 aliphatic rings. The van der Waals surface area contributed by atoms with Gasteiger partial charge in [-0.1, -0.05) is 0 Å². The third-order valence-corrected chi connectivity index (χ3v) is 1.83. The first-order valence-electron chi connectivity index (χ1n) is 4.45. The van der Waals surface area contributed by atoms with Gasteiger partial charge in [0.05, 0.1) is 12.6 Å². The quantitative estimate of drug-likeness (QED) is 0.703. The standard InChI is InChI=1S/C8H17F3N2O/c1-6(2)13(4-7(14)3-12)5-8(9,10)11/h6-7,14H,3-5,12H2,1-2H3. The van der Waals surface area contributed by atoms with E-state index >= 15 is 0 Å². The topological polar surface area (TPSA) is 49.5 Å². The third-order valence-electron chi connectivity index (χ3n) is 1.83. The fourth-order valence-corrected chi connectivity index (χ4v) is 1.03. The lowest BCUT2D eigenvalue weighted by Gasteiger charge is -2.29. The lowest BCUT2D eigenvalue weighted by Crippen LogP contribution is -2.45. The molecule has 1 unspecified atom stereocenters.